The summed E-state index contributed by atoms with van der Waals surface area (Å²) in [6.07, 6.45) is 2.58. The van der Waals surface area contributed by atoms with Crippen molar-refractivity contribution in [1.82, 2.24) is 0 Å². The van der Waals surface area contributed by atoms with E-state index in [1.807, 2.05) is 26.0 Å². The van der Waals surface area contributed by atoms with E-state index >= 15 is 0 Å². The van der Waals surface area contributed by atoms with Crippen molar-refractivity contribution in [1.29, 1.82) is 0 Å². The molecule has 1 aromatic carbocycles. The molecule has 0 bridgehead atoms. The van der Waals surface area contributed by atoms with Crippen molar-refractivity contribution in [2.75, 3.05) is 6.61 Å². The highest BCUT2D eigenvalue weighted by molar-refractivity contribution is 5.83. The van der Waals surface area contributed by atoms with Gasteiger partial charge in [0.05, 0.1) is 18.9 Å². The minimum atomic E-state index is -0.438. The number of ether oxygens (including phenoxy) is 2. The van der Waals surface area contributed by atoms with Crippen LogP contribution in [0.25, 0.3) is 0 Å². The molecule has 0 radical (unpaired) electrons. The Bertz CT molecular complexity index is 338. The summed E-state index contributed by atoms with van der Waals surface area (Å²) in [6.45, 7) is 4.35. The molecule has 0 heterocycles. The Morgan fingerprint density at radius 2 is 2.00 bits per heavy atom. The van der Waals surface area contributed by atoms with Crippen LogP contribution in [-0.2, 0) is 9.53 Å². The predicted molar refractivity (Wildman–Crippen MR) is 57.6 cm³/mol. The highest BCUT2D eigenvalue weighted by Crippen LogP contribution is 2.11. The largest absolute Gasteiger partial charge is 0.501 e. The lowest BCUT2D eigenvalue weighted by Gasteiger charge is -2.01. The van der Waals surface area contributed by atoms with E-state index in [0.717, 1.165) is 5.56 Å². The lowest BCUT2D eigenvalue weighted by molar-refractivity contribution is -0.129. The molecule has 0 spiro atoms. The van der Waals surface area contributed by atoms with Crippen LogP contribution in [0.2, 0.25) is 0 Å². The number of aryl methyl sites for hydroxylation is 1. The molecular weight excluding hydrogens is 192 g/mol. The van der Waals surface area contributed by atoms with E-state index in [9.17, 15) is 4.79 Å². The van der Waals surface area contributed by atoms with Crippen molar-refractivity contribution in [3.63, 3.8) is 0 Å². The van der Waals surface area contributed by atoms with Gasteiger partial charge in [0.2, 0.25) is 0 Å². The smallest absolute Gasteiger partial charge is 0.339 e. The standard InChI is InChI=1S/C12H14O3/c1-3-14-9-8-12(13)15-11-6-4-10(2)5-7-11/h4-9H,3H2,1-2H3. The number of rotatable bonds is 4. The van der Waals surface area contributed by atoms with Crippen LogP contribution in [0.4, 0.5) is 0 Å². The minimum absolute atomic E-state index is 0.438. The van der Waals surface area contributed by atoms with Crippen LogP contribution in [-0.4, -0.2) is 12.6 Å². The zero-order chi connectivity index (χ0) is 11.1. The van der Waals surface area contributed by atoms with Crippen LogP contribution in [0.3, 0.4) is 0 Å². The molecule has 1 aromatic rings. The van der Waals surface area contributed by atoms with Crippen LogP contribution < -0.4 is 4.74 Å². The number of benzene rings is 1. The average Bonchev–Trinajstić information content (AvgIpc) is 2.22. The zero-order valence-corrected chi connectivity index (χ0v) is 8.90. The Hall–Kier alpha value is -1.77. The first-order chi connectivity index (χ1) is 7.22. The number of hydrogen-bond acceptors (Lipinski definition) is 3. The molecule has 0 atom stereocenters. The SMILES string of the molecule is CCOC=CC(=O)Oc1ccc(C)cc1. The third kappa shape index (κ3) is 4.31. The van der Waals surface area contributed by atoms with E-state index < -0.39 is 5.97 Å². The molecule has 0 aliphatic heterocycles. The molecule has 1 rings (SSSR count). The predicted octanol–water partition coefficient (Wildman–Crippen LogP) is 2.45. The van der Waals surface area contributed by atoms with E-state index in [-0.39, 0.29) is 0 Å². The molecule has 0 aliphatic carbocycles. The summed E-state index contributed by atoms with van der Waals surface area (Å²) in [5.74, 6) is 0.0963. The first kappa shape index (κ1) is 11.3. The van der Waals surface area contributed by atoms with Gasteiger partial charge in [-0.1, -0.05) is 17.7 Å². The van der Waals surface area contributed by atoms with Crippen LogP contribution in [0.5, 0.6) is 5.75 Å². The summed E-state index contributed by atoms with van der Waals surface area (Å²) < 4.78 is 9.89. The summed E-state index contributed by atoms with van der Waals surface area (Å²) in [6, 6.07) is 7.27. The molecule has 80 valence electrons. The lowest BCUT2D eigenvalue weighted by atomic mass is 10.2. The fraction of sp³-hybridized carbons (Fsp3) is 0.250. The van der Waals surface area contributed by atoms with E-state index in [1.165, 1.54) is 12.3 Å². The maximum Gasteiger partial charge on any atom is 0.339 e. The van der Waals surface area contributed by atoms with Gasteiger partial charge >= 0.3 is 5.97 Å². The Kier molecular flexibility index (Phi) is 4.41. The quantitative estimate of drug-likeness (QED) is 0.328. The van der Waals surface area contributed by atoms with Gasteiger partial charge in [0, 0.05) is 0 Å². The zero-order valence-electron chi connectivity index (χ0n) is 8.90. The molecule has 0 aliphatic rings. The number of carbonyl (C=O) groups is 1. The number of hydrogen-bond donors (Lipinski definition) is 0. The van der Waals surface area contributed by atoms with E-state index in [0.29, 0.717) is 12.4 Å². The molecule has 0 saturated carbocycles. The van der Waals surface area contributed by atoms with Gasteiger partial charge in [-0.3, -0.25) is 0 Å². The van der Waals surface area contributed by atoms with Crippen molar-refractivity contribution in [3.05, 3.63) is 42.2 Å². The lowest BCUT2D eigenvalue weighted by Crippen LogP contribution is -2.03. The Morgan fingerprint density at radius 3 is 2.60 bits per heavy atom. The highest BCUT2D eigenvalue weighted by Gasteiger charge is 1.99. The fourth-order valence-electron chi connectivity index (χ4n) is 0.956. The van der Waals surface area contributed by atoms with Gasteiger partial charge in [-0.05, 0) is 26.0 Å². The average molecular weight is 206 g/mol. The number of carbonyl (C=O) groups excluding carboxylic acids is 1. The van der Waals surface area contributed by atoms with Crippen molar-refractivity contribution in [2.45, 2.75) is 13.8 Å². The van der Waals surface area contributed by atoms with Crippen molar-refractivity contribution >= 4 is 5.97 Å². The summed E-state index contributed by atoms with van der Waals surface area (Å²) >= 11 is 0. The summed E-state index contributed by atoms with van der Waals surface area (Å²) in [5.41, 5.74) is 1.12. The highest BCUT2D eigenvalue weighted by atomic mass is 16.5. The Labute approximate surface area is 89.3 Å². The molecule has 15 heavy (non-hydrogen) atoms. The molecule has 3 nitrogen and oxygen atoms in total. The molecule has 0 unspecified atom stereocenters. The molecule has 0 amide bonds. The monoisotopic (exact) mass is 206 g/mol. The van der Waals surface area contributed by atoms with E-state index in [2.05, 4.69) is 0 Å². The normalized spacial score (nSPS) is 10.3. The molecule has 0 aromatic heterocycles. The first-order valence-corrected chi connectivity index (χ1v) is 4.79. The third-order valence-corrected chi connectivity index (χ3v) is 1.71. The first-order valence-electron chi connectivity index (χ1n) is 4.79. The second-order valence-electron chi connectivity index (χ2n) is 2.99. The van der Waals surface area contributed by atoms with E-state index in [1.54, 1.807) is 12.1 Å². The summed E-state index contributed by atoms with van der Waals surface area (Å²) in [4.78, 5) is 11.2. The van der Waals surface area contributed by atoms with Crippen LogP contribution in [0.15, 0.2) is 36.6 Å². The van der Waals surface area contributed by atoms with Gasteiger partial charge in [-0.15, -0.1) is 0 Å². The molecular formula is C12H14O3. The van der Waals surface area contributed by atoms with Gasteiger partial charge in [0.15, 0.2) is 0 Å². The summed E-state index contributed by atoms with van der Waals surface area (Å²) in [7, 11) is 0. The molecule has 0 saturated heterocycles. The van der Waals surface area contributed by atoms with Crippen LogP contribution in [0, 0.1) is 6.92 Å². The molecule has 3 heteroatoms. The van der Waals surface area contributed by atoms with Gasteiger partial charge in [-0.25, -0.2) is 4.79 Å². The van der Waals surface area contributed by atoms with Gasteiger partial charge in [0.1, 0.15) is 5.75 Å². The maximum atomic E-state index is 11.2. The third-order valence-electron chi connectivity index (χ3n) is 1.71. The Morgan fingerprint density at radius 1 is 1.33 bits per heavy atom. The van der Waals surface area contributed by atoms with Crippen molar-refractivity contribution in [2.24, 2.45) is 0 Å². The van der Waals surface area contributed by atoms with Gasteiger partial charge in [-0.2, -0.15) is 0 Å². The fourth-order valence-corrected chi connectivity index (χ4v) is 0.956. The maximum absolute atomic E-state index is 11.2. The van der Waals surface area contributed by atoms with Gasteiger partial charge in [0.25, 0.3) is 0 Å². The van der Waals surface area contributed by atoms with Crippen LogP contribution >= 0.6 is 0 Å². The minimum Gasteiger partial charge on any atom is -0.501 e. The number of esters is 1. The summed E-state index contributed by atoms with van der Waals surface area (Å²) in [5, 5.41) is 0. The van der Waals surface area contributed by atoms with E-state index in [4.69, 9.17) is 9.47 Å². The van der Waals surface area contributed by atoms with Gasteiger partial charge < -0.3 is 9.47 Å². The molecule has 0 N–H and O–H groups in total. The van der Waals surface area contributed by atoms with Crippen molar-refractivity contribution < 1.29 is 14.3 Å². The Balaban J connectivity index is 2.48. The van der Waals surface area contributed by atoms with Crippen molar-refractivity contribution in [3.8, 4) is 5.75 Å². The second-order valence-corrected chi connectivity index (χ2v) is 2.99. The topological polar surface area (TPSA) is 35.5 Å². The second kappa shape index (κ2) is 5.86. The molecule has 0 fully saturated rings. The van der Waals surface area contributed by atoms with Crippen LogP contribution in [0.1, 0.15) is 12.5 Å².